The van der Waals surface area contributed by atoms with Gasteiger partial charge in [0.2, 0.25) is 0 Å². The van der Waals surface area contributed by atoms with Crippen molar-refractivity contribution in [2.75, 3.05) is 5.32 Å². The molecule has 0 radical (unpaired) electrons. The minimum absolute atomic E-state index is 0.112. The zero-order chi connectivity index (χ0) is 14.8. The number of fused-ring (bicyclic) bond motifs is 1. The topological polar surface area (TPSA) is 29.1 Å². The minimum atomic E-state index is -0.112. The molecule has 3 rings (SSSR count). The van der Waals surface area contributed by atoms with Gasteiger partial charge >= 0.3 is 0 Å². The van der Waals surface area contributed by atoms with Gasteiger partial charge in [-0.1, -0.05) is 44.0 Å². The number of rotatable bonds is 2. The van der Waals surface area contributed by atoms with E-state index in [0.29, 0.717) is 5.56 Å². The standard InChI is InChI=1S/C17H11Br2NO/c18-14-5-1-11(2-6-14)17(21)20-16-8-4-12-9-15(19)7-3-13(12)10-16/h1-10H,(H,20,21). The van der Waals surface area contributed by atoms with Gasteiger partial charge in [-0.25, -0.2) is 0 Å². The molecular formula is C17H11Br2NO. The first-order chi connectivity index (χ1) is 10.1. The molecule has 2 nitrogen and oxygen atoms in total. The molecule has 0 aliphatic rings. The molecule has 0 aromatic heterocycles. The van der Waals surface area contributed by atoms with E-state index < -0.39 is 0 Å². The van der Waals surface area contributed by atoms with E-state index in [1.165, 1.54) is 0 Å². The Morgan fingerprint density at radius 3 is 2.14 bits per heavy atom. The monoisotopic (exact) mass is 403 g/mol. The van der Waals surface area contributed by atoms with Crippen LogP contribution in [-0.4, -0.2) is 5.91 Å². The molecule has 4 heteroatoms. The summed E-state index contributed by atoms with van der Waals surface area (Å²) in [5, 5.41) is 5.14. The Morgan fingerprint density at radius 2 is 1.38 bits per heavy atom. The summed E-state index contributed by atoms with van der Waals surface area (Å²) in [7, 11) is 0. The molecule has 0 saturated carbocycles. The lowest BCUT2D eigenvalue weighted by Crippen LogP contribution is -2.11. The Hall–Kier alpha value is -1.65. The number of hydrogen-bond donors (Lipinski definition) is 1. The molecule has 0 aliphatic heterocycles. The van der Waals surface area contributed by atoms with Gasteiger partial charge < -0.3 is 5.32 Å². The van der Waals surface area contributed by atoms with Gasteiger partial charge in [-0.15, -0.1) is 0 Å². The van der Waals surface area contributed by atoms with Crippen LogP contribution in [0.15, 0.2) is 69.6 Å². The maximum absolute atomic E-state index is 12.2. The third-order valence-electron chi connectivity index (χ3n) is 3.17. The van der Waals surface area contributed by atoms with Crippen molar-refractivity contribution in [1.82, 2.24) is 0 Å². The molecule has 3 aromatic carbocycles. The van der Waals surface area contributed by atoms with E-state index in [1.54, 1.807) is 12.1 Å². The van der Waals surface area contributed by atoms with Crippen molar-refractivity contribution in [1.29, 1.82) is 0 Å². The summed E-state index contributed by atoms with van der Waals surface area (Å²) in [6.45, 7) is 0. The highest BCUT2D eigenvalue weighted by Crippen LogP contribution is 2.23. The van der Waals surface area contributed by atoms with Crippen LogP contribution in [0.4, 0.5) is 5.69 Å². The van der Waals surface area contributed by atoms with Crippen LogP contribution in [0.2, 0.25) is 0 Å². The third kappa shape index (κ3) is 3.34. The van der Waals surface area contributed by atoms with Crippen LogP contribution in [0.5, 0.6) is 0 Å². The van der Waals surface area contributed by atoms with Crippen molar-refractivity contribution >= 4 is 54.2 Å². The van der Waals surface area contributed by atoms with Gasteiger partial charge in [-0.2, -0.15) is 0 Å². The lowest BCUT2D eigenvalue weighted by molar-refractivity contribution is 0.102. The highest BCUT2D eigenvalue weighted by atomic mass is 79.9. The third-order valence-corrected chi connectivity index (χ3v) is 4.19. The van der Waals surface area contributed by atoms with Crippen LogP contribution in [0, 0.1) is 0 Å². The SMILES string of the molecule is O=C(Nc1ccc2cc(Br)ccc2c1)c1ccc(Br)cc1. The molecule has 0 heterocycles. The van der Waals surface area contributed by atoms with E-state index in [2.05, 4.69) is 43.2 Å². The largest absolute Gasteiger partial charge is 0.322 e. The summed E-state index contributed by atoms with van der Waals surface area (Å²) >= 11 is 6.81. The lowest BCUT2D eigenvalue weighted by Gasteiger charge is -2.07. The van der Waals surface area contributed by atoms with Gasteiger partial charge in [0.1, 0.15) is 0 Å². The average Bonchev–Trinajstić information content (AvgIpc) is 2.48. The maximum Gasteiger partial charge on any atom is 0.255 e. The summed E-state index contributed by atoms with van der Waals surface area (Å²) in [5.74, 6) is -0.112. The maximum atomic E-state index is 12.2. The summed E-state index contributed by atoms with van der Waals surface area (Å²) < 4.78 is 2.00. The zero-order valence-corrected chi connectivity index (χ0v) is 14.1. The molecule has 0 saturated heterocycles. The number of hydrogen-bond acceptors (Lipinski definition) is 1. The Labute approximate surface area is 139 Å². The van der Waals surface area contributed by atoms with Gasteiger partial charge in [-0.3, -0.25) is 4.79 Å². The predicted octanol–water partition coefficient (Wildman–Crippen LogP) is 5.62. The first-order valence-corrected chi connectivity index (χ1v) is 7.97. The zero-order valence-electron chi connectivity index (χ0n) is 10.9. The number of carbonyl (C=O) groups excluding carboxylic acids is 1. The molecule has 21 heavy (non-hydrogen) atoms. The van der Waals surface area contributed by atoms with E-state index in [9.17, 15) is 4.79 Å². The second-order valence-electron chi connectivity index (χ2n) is 4.67. The Bertz CT molecular complexity index is 813. The van der Waals surface area contributed by atoms with Crippen LogP contribution in [0.3, 0.4) is 0 Å². The number of amides is 1. The molecule has 0 fully saturated rings. The van der Waals surface area contributed by atoms with Crippen molar-refractivity contribution in [2.45, 2.75) is 0 Å². The summed E-state index contributed by atoms with van der Waals surface area (Å²) in [5.41, 5.74) is 1.42. The highest BCUT2D eigenvalue weighted by molar-refractivity contribution is 9.10. The van der Waals surface area contributed by atoms with Gasteiger partial charge in [0, 0.05) is 20.2 Å². The number of benzene rings is 3. The second-order valence-corrected chi connectivity index (χ2v) is 6.50. The van der Waals surface area contributed by atoms with Crippen LogP contribution < -0.4 is 5.32 Å². The van der Waals surface area contributed by atoms with E-state index in [-0.39, 0.29) is 5.91 Å². The first-order valence-electron chi connectivity index (χ1n) is 6.38. The van der Waals surface area contributed by atoms with Crippen LogP contribution >= 0.6 is 31.9 Å². The fourth-order valence-electron chi connectivity index (χ4n) is 2.10. The van der Waals surface area contributed by atoms with Crippen molar-refractivity contribution in [3.63, 3.8) is 0 Å². The highest BCUT2D eigenvalue weighted by Gasteiger charge is 2.06. The van der Waals surface area contributed by atoms with Crippen LogP contribution in [-0.2, 0) is 0 Å². The Balaban J connectivity index is 1.85. The minimum Gasteiger partial charge on any atom is -0.322 e. The predicted molar refractivity (Wildman–Crippen MR) is 93.7 cm³/mol. The molecule has 0 spiro atoms. The van der Waals surface area contributed by atoms with Gasteiger partial charge in [0.15, 0.2) is 0 Å². The molecule has 1 amide bonds. The van der Waals surface area contributed by atoms with Crippen LogP contribution in [0.25, 0.3) is 10.8 Å². The molecule has 0 aliphatic carbocycles. The molecule has 0 atom stereocenters. The van der Waals surface area contributed by atoms with E-state index >= 15 is 0 Å². The summed E-state index contributed by atoms with van der Waals surface area (Å²) in [4.78, 5) is 12.2. The molecule has 1 N–H and O–H groups in total. The summed E-state index contributed by atoms with van der Waals surface area (Å²) in [6, 6.07) is 19.2. The van der Waals surface area contributed by atoms with Gasteiger partial charge in [0.05, 0.1) is 0 Å². The molecule has 104 valence electrons. The number of nitrogens with one attached hydrogen (secondary N) is 1. The van der Waals surface area contributed by atoms with Crippen molar-refractivity contribution in [3.05, 3.63) is 75.2 Å². The van der Waals surface area contributed by atoms with Gasteiger partial charge in [-0.05, 0) is 59.3 Å². The van der Waals surface area contributed by atoms with Crippen LogP contribution in [0.1, 0.15) is 10.4 Å². The van der Waals surface area contributed by atoms with E-state index in [1.807, 2.05) is 42.5 Å². The molecule has 0 bridgehead atoms. The molecular weight excluding hydrogens is 394 g/mol. The quantitative estimate of drug-likeness (QED) is 0.590. The Morgan fingerprint density at radius 1 is 0.762 bits per heavy atom. The van der Waals surface area contributed by atoms with Crippen molar-refractivity contribution < 1.29 is 4.79 Å². The smallest absolute Gasteiger partial charge is 0.255 e. The van der Waals surface area contributed by atoms with E-state index in [0.717, 1.165) is 25.4 Å². The lowest BCUT2D eigenvalue weighted by atomic mass is 10.1. The normalized spacial score (nSPS) is 10.6. The first kappa shape index (κ1) is 14.3. The average molecular weight is 405 g/mol. The number of carbonyl (C=O) groups is 1. The molecule has 3 aromatic rings. The fourth-order valence-corrected chi connectivity index (χ4v) is 2.74. The van der Waals surface area contributed by atoms with E-state index in [4.69, 9.17) is 0 Å². The number of halogens is 2. The number of anilines is 1. The second kappa shape index (κ2) is 6.00. The van der Waals surface area contributed by atoms with Crippen molar-refractivity contribution in [2.24, 2.45) is 0 Å². The Kier molecular flexibility index (Phi) is 4.08. The van der Waals surface area contributed by atoms with Gasteiger partial charge in [0.25, 0.3) is 5.91 Å². The summed E-state index contributed by atoms with van der Waals surface area (Å²) in [6.07, 6.45) is 0. The fraction of sp³-hybridized carbons (Fsp3) is 0. The van der Waals surface area contributed by atoms with Crippen molar-refractivity contribution in [3.8, 4) is 0 Å². The molecule has 0 unspecified atom stereocenters.